The molecule has 1 fully saturated rings. The van der Waals surface area contributed by atoms with Gasteiger partial charge in [-0.3, -0.25) is 4.79 Å². The third kappa shape index (κ3) is 6.63. The maximum atomic E-state index is 11.9. The van der Waals surface area contributed by atoms with Crippen LogP contribution in [0.25, 0.3) is 0 Å². The van der Waals surface area contributed by atoms with Crippen LogP contribution in [-0.4, -0.2) is 47.8 Å². The second-order valence-corrected chi connectivity index (χ2v) is 4.96. The van der Waals surface area contributed by atoms with Crippen molar-refractivity contribution in [2.45, 2.75) is 38.3 Å². The summed E-state index contributed by atoms with van der Waals surface area (Å²) >= 11 is 0. The second kappa shape index (κ2) is 7.35. The zero-order chi connectivity index (χ0) is 15.2. The number of carboxylic acid groups (broad SMARTS) is 1. The molecular formula is C12H19F3N2O3. The number of rotatable bonds is 5. The van der Waals surface area contributed by atoms with E-state index in [1.807, 2.05) is 0 Å². The van der Waals surface area contributed by atoms with E-state index in [2.05, 4.69) is 5.32 Å². The highest BCUT2D eigenvalue weighted by atomic mass is 19.4. The second-order valence-electron chi connectivity index (χ2n) is 4.96. The Bertz CT molecular complexity index is 339. The van der Waals surface area contributed by atoms with Gasteiger partial charge >= 0.3 is 18.2 Å². The number of nitrogens with one attached hydrogen (secondary N) is 1. The number of likely N-dealkylation sites (tertiary alicyclic amines) is 1. The first-order chi connectivity index (χ1) is 9.28. The van der Waals surface area contributed by atoms with Crippen molar-refractivity contribution < 1.29 is 27.9 Å². The minimum atomic E-state index is -4.27. The molecule has 0 saturated carbocycles. The number of alkyl halides is 3. The summed E-state index contributed by atoms with van der Waals surface area (Å²) in [5.74, 6) is -0.567. The summed E-state index contributed by atoms with van der Waals surface area (Å²) in [5.41, 5.74) is 0. The lowest BCUT2D eigenvalue weighted by Gasteiger charge is -2.31. The zero-order valence-electron chi connectivity index (χ0n) is 11.1. The molecule has 0 atom stereocenters. The molecule has 0 aromatic heterocycles. The quantitative estimate of drug-likeness (QED) is 0.817. The van der Waals surface area contributed by atoms with Crippen molar-refractivity contribution in [1.82, 2.24) is 10.2 Å². The van der Waals surface area contributed by atoms with Gasteiger partial charge in [-0.2, -0.15) is 13.2 Å². The van der Waals surface area contributed by atoms with Crippen LogP contribution >= 0.6 is 0 Å². The highest BCUT2D eigenvalue weighted by molar-refractivity contribution is 5.74. The highest BCUT2D eigenvalue weighted by Crippen LogP contribution is 2.22. The summed E-state index contributed by atoms with van der Waals surface area (Å²) < 4.78 is 35.8. The van der Waals surface area contributed by atoms with Crippen LogP contribution in [0.15, 0.2) is 0 Å². The van der Waals surface area contributed by atoms with Crippen molar-refractivity contribution in [3.05, 3.63) is 0 Å². The fourth-order valence-corrected chi connectivity index (χ4v) is 2.18. The molecule has 1 aliphatic rings. The topological polar surface area (TPSA) is 69.6 Å². The van der Waals surface area contributed by atoms with E-state index >= 15 is 0 Å². The molecule has 1 heterocycles. The maximum absolute atomic E-state index is 11.9. The van der Waals surface area contributed by atoms with Gasteiger partial charge in [0.1, 0.15) is 0 Å². The van der Waals surface area contributed by atoms with E-state index in [0.717, 1.165) is 0 Å². The fourth-order valence-electron chi connectivity index (χ4n) is 2.18. The summed E-state index contributed by atoms with van der Waals surface area (Å²) in [6.07, 6.45) is -3.22. The van der Waals surface area contributed by atoms with Gasteiger partial charge in [-0.15, -0.1) is 0 Å². The van der Waals surface area contributed by atoms with Gasteiger partial charge in [0.2, 0.25) is 0 Å². The van der Waals surface area contributed by atoms with Crippen molar-refractivity contribution in [3.63, 3.8) is 0 Å². The van der Waals surface area contributed by atoms with Crippen LogP contribution < -0.4 is 5.32 Å². The Labute approximate surface area is 115 Å². The van der Waals surface area contributed by atoms with E-state index in [9.17, 15) is 22.8 Å². The Hall–Kier alpha value is -1.47. The average molecular weight is 296 g/mol. The molecule has 2 amide bonds. The predicted molar refractivity (Wildman–Crippen MR) is 65.2 cm³/mol. The number of hydrogen-bond acceptors (Lipinski definition) is 2. The molecule has 0 spiro atoms. The van der Waals surface area contributed by atoms with Gasteiger partial charge in [0.15, 0.2) is 0 Å². The number of halogens is 3. The van der Waals surface area contributed by atoms with Gasteiger partial charge in [-0.25, -0.2) is 4.79 Å². The Morgan fingerprint density at radius 1 is 1.25 bits per heavy atom. The number of nitrogens with zero attached hydrogens (tertiary/aromatic N) is 1. The Balaban J connectivity index is 2.20. The minimum Gasteiger partial charge on any atom is -0.481 e. The Morgan fingerprint density at radius 2 is 1.85 bits per heavy atom. The van der Waals surface area contributed by atoms with E-state index in [1.165, 1.54) is 4.90 Å². The van der Waals surface area contributed by atoms with Crippen LogP contribution in [0.4, 0.5) is 18.0 Å². The zero-order valence-corrected chi connectivity index (χ0v) is 11.1. The molecule has 5 nitrogen and oxygen atoms in total. The third-order valence-electron chi connectivity index (χ3n) is 3.35. The minimum absolute atomic E-state index is 0.114. The van der Waals surface area contributed by atoms with Gasteiger partial charge in [0.05, 0.1) is 6.42 Å². The normalized spacial score (nSPS) is 17.1. The Kier molecular flexibility index (Phi) is 6.09. The van der Waals surface area contributed by atoms with E-state index in [-0.39, 0.29) is 12.3 Å². The molecule has 116 valence electrons. The van der Waals surface area contributed by atoms with Crippen LogP contribution in [0.1, 0.15) is 32.1 Å². The lowest BCUT2D eigenvalue weighted by molar-refractivity contribution is -0.137. The van der Waals surface area contributed by atoms with Crippen LogP contribution in [0, 0.1) is 5.92 Å². The van der Waals surface area contributed by atoms with Crippen molar-refractivity contribution in [2.75, 3.05) is 19.6 Å². The lowest BCUT2D eigenvalue weighted by atomic mass is 9.92. The summed E-state index contributed by atoms with van der Waals surface area (Å²) in [7, 11) is 0. The molecular weight excluding hydrogens is 277 g/mol. The molecule has 0 radical (unpaired) electrons. The molecule has 1 aliphatic heterocycles. The molecule has 0 bridgehead atoms. The first-order valence-corrected chi connectivity index (χ1v) is 6.59. The molecule has 2 N–H and O–H groups in total. The molecule has 0 aliphatic carbocycles. The van der Waals surface area contributed by atoms with Crippen molar-refractivity contribution in [3.8, 4) is 0 Å². The maximum Gasteiger partial charge on any atom is 0.390 e. The smallest absolute Gasteiger partial charge is 0.390 e. The van der Waals surface area contributed by atoms with Gasteiger partial charge < -0.3 is 15.3 Å². The summed E-state index contributed by atoms with van der Waals surface area (Å²) in [4.78, 5) is 23.5. The van der Waals surface area contributed by atoms with E-state index in [1.54, 1.807) is 0 Å². The predicted octanol–water partition coefficient (Wildman–Crippen LogP) is 2.23. The fraction of sp³-hybridized carbons (Fsp3) is 0.833. The Morgan fingerprint density at radius 3 is 2.35 bits per heavy atom. The number of aliphatic carboxylic acids is 1. The average Bonchev–Trinajstić information content (AvgIpc) is 2.35. The van der Waals surface area contributed by atoms with E-state index in [4.69, 9.17) is 5.11 Å². The number of urea groups is 1. The number of hydrogen-bond donors (Lipinski definition) is 2. The number of carboxylic acids is 1. The largest absolute Gasteiger partial charge is 0.481 e. The standard InChI is InChI=1S/C12H19F3N2O3/c13-12(14,15)5-6-16-11(20)17-7-3-9(4-8-17)1-2-10(18)19/h9H,1-8H2,(H,16,20)(H,18,19). The monoisotopic (exact) mass is 296 g/mol. The molecule has 0 aromatic rings. The van der Waals surface area contributed by atoms with Gasteiger partial charge in [0, 0.05) is 26.1 Å². The van der Waals surface area contributed by atoms with Crippen LogP contribution in [-0.2, 0) is 4.79 Å². The molecule has 0 unspecified atom stereocenters. The number of carbonyl (C=O) groups is 2. The van der Waals surface area contributed by atoms with Gasteiger partial charge in [-0.1, -0.05) is 0 Å². The molecule has 1 rings (SSSR count). The van der Waals surface area contributed by atoms with Crippen molar-refractivity contribution in [1.29, 1.82) is 0 Å². The third-order valence-corrected chi connectivity index (χ3v) is 3.35. The highest BCUT2D eigenvalue weighted by Gasteiger charge is 2.28. The summed E-state index contributed by atoms with van der Waals surface area (Å²) in [5, 5.41) is 10.8. The lowest BCUT2D eigenvalue weighted by Crippen LogP contribution is -2.45. The molecule has 0 aromatic carbocycles. The number of piperidine rings is 1. The summed E-state index contributed by atoms with van der Waals surface area (Å²) in [6.45, 7) is 0.506. The number of amides is 2. The SMILES string of the molecule is O=C(O)CCC1CCN(C(=O)NCCC(F)(F)F)CC1. The molecule has 20 heavy (non-hydrogen) atoms. The van der Waals surface area contributed by atoms with Gasteiger partial charge in [0.25, 0.3) is 0 Å². The van der Waals surface area contributed by atoms with Crippen LogP contribution in [0.2, 0.25) is 0 Å². The van der Waals surface area contributed by atoms with Crippen LogP contribution in [0.5, 0.6) is 0 Å². The van der Waals surface area contributed by atoms with Gasteiger partial charge in [-0.05, 0) is 25.2 Å². The van der Waals surface area contributed by atoms with E-state index in [0.29, 0.717) is 32.4 Å². The number of carbonyl (C=O) groups excluding carboxylic acids is 1. The first kappa shape index (κ1) is 16.6. The van der Waals surface area contributed by atoms with Crippen LogP contribution in [0.3, 0.4) is 0 Å². The van der Waals surface area contributed by atoms with Crippen molar-refractivity contribution >= 4 is 12.0 Å². The first-order valence-electron chi connectivity index (χ1n) is 6.59. The molecule has 8 heteroatoms. The van der Waals surface area contributed by atoms with E-state index < -0.39 is 31.1 Å². The van der Waals surface area contributed by atoms with Crippen molar-refractivity contribution in [2.24, 2.45) is 5.92 Å². The molecule has 1 saturated heterocycles. The summed E-state index contributed by atoms with van der Waals surface area (Å²) in [6, 6.07) is -0.481.